The van der Waals surface area contributed by atoms with Crippen molar-refractivity contribution in [1.29, 1.82) is 0 Å². The molecular formula is C14H21N3O3S. The van der Waals surface area contributed by atoms with E-state index < -0.39 is 11.7 Å². The molecule has 1 aliphatic rings. The molecule has 0 unspecified atom stereocenters. The minimum Gasteiger partial charge on any atom is -0.444 e. The van der Waals surface area contributed by atoms with Crippen LogP contribution in [-0.4, -0.2) is 40.6 Å². The van der Waals surface area contributed by atoms with Crippen molar-refractivity contribution in [1.82, 2.24) is 9.88 Å². The van der Waals surface area contributed by atoms with Crippen LogP contribution in [0.1, 0.15) is 49.7 Å². The Morgan fingerprint density at radius 1 is 1.29 bits per heavy atom. The summed E-state index contributed by atoms with van der Waals surface area (Å²) in [5.41, 5.74) is -0.562. The zero-order valence-corrected chi connectivity index (χ0v) is 13.5. The minimum atomic E-state index is -0.562. The number of carbonyl (C=O) groups is 2. The van der Waals surface area contributed by atoms with Gasteiger partial charge in [-0.2, -0.15) is 0 Å². The van der Waals surface area contributed by atoms with Gasteiger partial charge in [0, 0.05) is 13.1 Å². The van der Waals surface area contributed by atoms with Gasteiger partial charge in [-0.3, -0.25) is 10.1 Å². The minimum absolute atomic E-state index is 0.00978. The van der Waals surface area contributed by atoms with Crippen LogP contribution in [0.25, 0.3) is 0 Å². The Bertz CT molecular complexity index is 516. The highest BCUT2D eigenvalue weighted by Gasteiger charge is 2.22. The van der Waals surface area contributed by atoms with E-state index >= 15 is 0 Å². The molecule has 6 nitrogen and oxygen atoms in total. The first-order valence-corrected chi connectivity index (χ1v) is 7.92. The third-order valence-electron chi connectivity index (χ3n) is 2.97. The first-order chi connectivity index (χ1) is 9.85. The summed E-state index contributed by atoms with van der Waals surface area (Å²) in [6.07, 6.45) is 4.22. The van der Waals surface area contributed by atoms with Gasteiger partial charge in [0.15, 0.2) is 5.13 Å². The lowest BCUT2D eigenvalue weighted by Gasteiger charge is -2.25. The number of nitrogens with one attached hydrogen (secondary N) is 1. The van der Waals surface area contributed by atoms with Crippen LogP contribution in [-0.2, 0) is 4.74 Å². The number of aromatic nitrogens is 1. The molecule has 1 saturated heterocycles. The third kappa shape index (κ3) is 4.70. The van der Waals surface area contributed by atoms with Crippen LogP contribution in [0.15, 0.2) is 6.20 Å². The molecule has 1 aliphatic heterocycles. The average Bonchev–Trinajstić information content (AvgIpc) is 2.85. The van der Waals surface area contributed by atoms with Gasteiger partial charge in [0.05, 0.1) is 6.20 Å². The number of rotatable bonds is 2. The fourth-order valence-corrected chi connectivity index (χ4v) is 2.84. The van der Waals surface area contributed by atoms with Crippen LogP contribution >= 0.6 is 11.3 Å². The highest BCUT2D eigenvalue weighted by molar-refractivity contribution is 7.17. The maximum atomic E-state index is 12.3. The van der Waals surface area contributed by atoms with Gasteiger partial charge in [0.2, 0.25) is 0 Å². The lowest BCUT2D eigenvalue weighted by atomic mass is 10.1. The summed E-state index contributed by atoms with van der Waals surface area (Å²) in [5.74, 6) is -0.00978. The van der Waals surface area contributed by atoms with Gasteiger partial charge in [0.1, 0.15) is 10.5 Å². The Balaban J connectivity index is 1.94. The Hall–Kier alpha value is -1.63. The van der Waals surface area contributed by atoms with Gasteiger partial charge in [-0.1, -0.05) is 11.3 Å². The maximum Gasteiger partial charge on any atom is 0.413 e. The summed E-state index contributed by atoms with van der Waals surface area (Å²) in [4.78, 5) is 30.4. The fourth-order valence-electron chi connectivity index (χ4n) is 2.07. The fraction of sp³-hybridized carbons (Fsp3) is 0.643. The lowest BCUT2D eigenvalue weighted by molar-refractivity contribution is 0.0635. The molecule has 0 atom stereocenters. The van der Waals surface area contributed by atoms with Crippen LogP contribution in [0.4, 0.5) is 9.93 Å². The monoisotopic (exact) mass is 311 g/mol. The van der Waals surface area contributed by atoms with E-state index in [9.17, 15) is 9.59 Å². The third-order valence-corrected chi connectivity index (χ3v) is 3.87. The van der Waals surface area contributed by atoms with Gasteiger partial charge in [-0.15, -0.1) is 0 Å². The topological polar surface area (TPSA) is 71.5 Å². The summed E-state index contributed by atoms with van der Waals surface area (Å²) < 4.78 is 5.15. The van der Waals surface area contributed by atoms with Crippen LogP contribution in [0, 0.1) is 0 Å². The number of carbonyl (C=O) groups excluding carboxylic acids is 2. The molecule has 21 heavy (non-hydrogen) atoms. The molecule has 0 bridgehead atoms. The quantitative estimate of drug-likeness (QED) is 0.911. The molecule has 0 aliphatic carbocycles. The molecule has 1 fully saturated rings. The van der Waals surface area contributed by atoms with E-state index in [1.54, 1.807) is 20.8 Å². The van der Waals surface area contributed by atoms with Gasteiger partial charge in [-0.05, 0) is 40.0 Å². The molecule has 1 N–H and O–H groups in total. The van der Waals surface area contributed by atoms with E-state index in [-0.39, 0.29) is 5.91 Å². The highest BCUT2D eigenvalue weighted by atomic mass is 32.1. The first kappa shape index (κ1) is 15.8. The van der Waals surface area contributed by atoms with Gasteiger partial charge < -0.3 is 9.64 Å². The van der Waals surface area contributed by atoms with E-state index in [0.717, 1.165) is 25.9 Å². The molecule has 0 spiro atoms. The number of thiazole rings is 1. The van der Waals surface area contributed by atoms with Gasteiger partial charge in [0.25, 0.3) is 5.91 Å². The van der Waals surface area contributed by atoms with Crippen molar-refractivity contribution >= 4 is 28.5 Å². The first-order valence-electron chi connectivity index (χ1n) is 7.10. The summed E-state index contributed by atoms with van der Waals surface area (Å²) >= 11 is 1.17. The zero-order valence-electron chi connectivity index (χ0n) is 12.6. The maximum absolute atomic E-state index is 12.3. The van der Waals surface area contributed by atoms with Gasteiger partial charge in [-0.25, -0.2) is 9.78 Å². The highest BCUT2D eigenvalue weighted by Crippen LogP contribution is 2.22. The number of ether oxygens (including phenoxy) is 1. The van der Waals surface area contributed by atoms with Crippen LogP contribution in [0.5, 0.6) is 0 Å². The van der Waals surface area contributed by atoms with Crippen LogP contribution in [0.3, 0.4) is 0 Å². The summed E-state index contributed by atoms with van der Waals surface area (Å²) in [6.45, 7) is 6.97. The number of hydrogen-bond donors (Lipinski definition) is 1. The van der Waals surface area contributed by atoms with E-state index in [1.807, 2.05) is 4.90 Å². The van der Waals surface area contributed by atoms with E-state index in [2.05, 4.69) is 10.3 Å². The number of likely N-dealkylation sites (tertiary alicyclic amines) is 1. The van der Waals surface area contributed by atoms with Gasteiger partial charge >= 0.3 is 6.09 Å². The molecule has 116 valence electrons. The second-order valence-electron chi connectivity index (χ2n) is 6.01. The smallest absolute Gasteiger partial charge is 0.413 e. The van der Waals surface area contributed by atoms with Crippen molar-refractivity contribution < 1.29 is 14.3 Å². The SMILES string of the molecule is CC(C)(C)OC(=O)Nc1ncc(C(=O)N2CCCCC2)s1. The van der Waals surface area contributed by atoms with Crippen molar-refractivity contribution in [3.05, 3.63) is 11.1 Å². The largest absolute Gasteiger partial charge is 0.444 e. The Morgan fingerprint density at radius 2 is 1.95 bits per heavy atom. The molecule has 7 heteroatoms. The number of anilines is 1. The van der Waals surface area contributed by atoms with Crippen molar-refractivity contribution in [3.63, 3.8) is 0 Å². The van der Waals surface area contributed by atoms with Crippen LogP contribution < -0.4 is 5.32 Å². The summed E-state index contributed by atoms with van der Waals surface area (Å²) in [5, 5.41) is 2.93. The number of nitrogens with zero attached hydrogens (tertiary/aromatic N) is 2. The number of amides is 2. The Kier molecular flexibility index (Phi) is 4.82. The van der Waals surface area contributed by atoms with E-state index in [4.69, 9.17) is 4.74 Å². The predicted octanol–water partition coefficient (Wildman–Crippen LogP) is 3.12. The molecule has 0 aromatic carbocycles. The van der Waals surface area contributed by atoms with Crippen molar-refractivity contribution in [3.8, 4) is 0 Å². The van der Waals surface area contributed by atoms with E-state index in [1.165, 1.54) is 24.0 Å². The standard InChI is InChI=1S/C14H21N3O3S/c1-14(2,3)20-13(19)16-12-15-9-10(21-12)11(18)17-7-5-4-6-8-17/h9H,4-8H2,1-3H3,(H,15,16,19). The second-order valence-corrected chi connectivity index (χ2v) is 7.04. The number of piperidine rings is 1. The lowest BCUT2D eigenvalue weighted by Crippen LogP contribution is -2.35. The molecule has 0 radical (unpaired) electrons. The molecule has 2 rings (SSSR count). The summed E-state index contributed by atoms with van der Waals surface area (Å²) in [7, 11) is 0. The summed E-state index contributed by atoms with van der Waals surface area (Å²) in [6, 6.07) is 0. The molecular weight excluding hydrogens is 290 g/mol. The second kappa shape index (κ2) is 6.43. The normalized spacial score (nSPS) is 15.7. The average molecular weight is 311 g/mol. The van der Waals surface area contributed by atoms with Crippen molar-refractivity contribution in [2.24, 2.45) is 0 Å². The molecule has 2 heterocycles. The Labute approximate surface area is 128 Å². The Morgan fingerprint density at radius 3 is 2.57 bits per heavy atom. The van der Waals surface area contributed by atoms with E-state index in [0.29, 0.717) is 10.0 Å². The van der Waals surface area contributed by atoms with Crippen molar-refractivity contribution in [2.45, 2.75) is 45.6 Å². The number of hydrogen-bond acceptors (Lipinski definition) is 5. The molecule has 1 aromatic rings. The molecule has 0 saturated carbocycles. The zero-order chi connectivity index (χ0) is 15.5. The molecule has 2 amide bonds. The molecule has 1 aromatic heterocycles. The van der Waals surface area contributed by atoms with Crippen LogP contribution in [0.2, 0.25) is 0 Å². The van der Waals surface area contributed by atoms with Crippen molar-refractivity contribution in [2.75, 3.05) is 18.4 Å². The predicted molar refractivity (Wildman–Crippen MR) is 81.7 cm³/mol.